The number of aryl methyl sites for hydroxylation is 1. The van der Waals surface area contributed by atoms with E-state index in [1.54, 1.807) is 6.07 Å². The number of halogens is 1. The predicted molar refractivity (Wildman–Crippen MR) is 94.4 cm³/mol. The minimum absolute atomic E-state index is 0.0543. The third kappa shape index (κ3) is 3.00. The van der Waals surface area contributed by atoms with Crippen molar-refractivity contribution in [3.63, 3.8) is 0 Å². The van der Waals surface area contributed by atoms with Gasteiger partial charge in [-0.1, -0.05) is 11.6 Å². The van der Waals surface area contributed by atoms with Crippen LogP contribution in [0.4, 0.5) is 5.69 Å². The fourth-order valence-corrected chi connectivity index (χ4v) is 3.50. The van der Waals surface area contributed by atoms with E-state index in [1.807, 2.05) is 13.8 Å². The van der Waals surface area contributed by atoms with Crippen molar-refractivity contribution in [1.29, 1.82) is 0 Å². The van der Waals surface area contributed by atoms with E-state index in [2.05, 4.69) is 15.3 Å². The molecule has 0 bridgehead atoms. The van der Waals surface area contributed by atoms with Gasteiger partial charge in [-0.05, 0) is 37.6 Å². The summed E-state index contributed by atoms with van der Waals surface area (Å²) in [4.78, 5) is 22.1. The summed E-state index contributed by atoms with van der Waals surface area (Å²) in [6.07, 6.45) is 1.41. The second-order valence-electron chi connectivity index (χ2n) is 4.96. The van der Waals surface area contributed by atoms with E-state index in [-0.39, 0.29) is 17.3 Å². The molecule has 8 heteroatoms. The average molecular weight is 364 g/mol. The van der Waals surface area contributed by atoms with Crippen molar-refractivity contribution in [2.24, 2.45) is 0 Å². The first-order chi connectivity index (χ1) is 11.5. The molecular weight excluding hydrogens is 350 g/mol. The zero-order chi connectivity index (χ0) is 17.3. The minimum Gasteiger partial charge on any atom is -0.506 e. The second-order valence-corrected chi connectivity index (χ2v) is 6.40. The van der Waals surface area contributed by atoms with Crippen molar-refractivity contribution in [3.8, 4) is 11.6 Å². The quantitative estimate of drug-likeness (QED) is 0.684. The van der Waals surface area contributed by atoms with Crippen LogP contribution in [0.3, 0.4) is 0 Å². The van der Waals surface area contributed by atoms with Crippen LogP contribution >= 0.6 is 22.9 Å². The van der Waals surface area contributed by atoms with Crippen molar-refractivity contribution in [3.05, 3.63) is 40.0 Å². The molecule has 3 aromatic rings. The lowest BCUT2D eigenvalue weighted by molar-refractivity contribution is 0.102. The largest absolute Gasteiger partial charge is 0.506 e. The summed E-state index contributed by atoms with van der Waals surface area (Å²) in [5.41, 5.74) is 0.985. The first-order valence-electron chi connectivity index (χ1n) is 7.18. The number of amides is 1. The molecule has 1 aromatic carbocycles. The molecule has 0 aliphatic rings. The van der Waals surface area contributed by atoms with Gasteiger partial charge >= 0.3 is 0 Å². The van der Waals surface area contributed by atoms with Crippen LogP contribution in [0.2, 0.25) is 5.02 Å². The molecule has 0 atom stereocenters. The van der Waals surface area contributed by atoms with Gasteiger partial charge < -0.3 is 15.2 Å². The van der Waals surface area contributed by atoms with Crippen LogP contribution in [0.5, 0.6) is 11.6 Å². The lowest BCUT2D eigenvalue weighted by Gasteiger charge is -2.07. The summed E-state index contributed by atoms with van der Waals surface area (Å²) in [5, 5.41) is 13.7. The number of anilines is 1. The Bertz CT molecular complexity index is 926. The summed E-state index contributed by atoms with van der Waals surface area (Å²) in [6.45, 7) is 4.15. The van der Waals surface area contributed by atoms with E-state index in [1.165, 1.54) is 29.8 Å². The van der Waals surface area contributed by atoms with Gasteiger partial charge in [0.2, 0.25) is 5.88 Å². The minimum atomic E-state index is -0.351. The molecule has 0 spiro atoms. The molecule has 1 amide bonds. The maximum absolute atomic E-state index is 12.6. The zero-order valence-electron chi connectivity index (χ0n) is 13.0. The van der Waals surface area contributed by atoms with Crippen LogP contribution in [-0.4, -0.2) is 27.6 Å². The number of hydrogen-bond acceptors (Lipinski definition) is 6. The maximum Gasteiger partial charge on any atom is 0.266 e. The summed E-state index contributed by atoms with van der Waals surface area (Å²) in [5.74, 6) is 0.0535. The van der Waals surface area contributed by atoms with E-state index in [0.717, 1.165) is 10.9 Å². The highest BCUT2D eigenvalue weighted by molar-refractivity contribution is 7.20. The number of phenols is 1. The number of rotatable bonds is 4. The fourth-order valence-electron chi connectivity index (χ4n) is 2.29. The topological polar surface area (TPSA) is 84.3 Å². The van der Waals surface area contributed by atoms with Crippen LogP contribution in [0.25, 0.3) is 10.2 Å². The van der Waals surface area contributed by atoms with Crippen molar-refractivity contribution >= 4 is 44.7 Å². The highest BCUT2D eigenvalue weighted by Crippen LogP contribution is 2.35. The molecule has 0 fully saturated rings. The Balaban J connectivity index is 2.00. The highest BCUT2D eigenvalue weighted by Gasteiger charge is 2.20. The Labute approximate surface area is 147 Å². The lowest BCUT2D eigenvalue weighted by atomic mass is 10.2. The monoisotopic (exact) mass is 363 g/mol. The normalized spacial score (nSPS) is 10.8. The molecule has 0 saturated carbocycles. The molecule has 0 aliphatic heterocycles. The number of fused-ring (bicyclic) bond motifs is 1. The van der Waals surface area contributed by atoms with E-state index in [4.69, 9.17) is 16.3 Å². The predicted octanol–water partition coefficient (Wildman–Crippen LogP) is 4.01. The van der Waals surface area contributed by atoms with Crippen molar-refractivity contribution in [2.45, 2.75) is 13.8 Å². The van der Waals surface area contributed by atoms with Gasteiger partial charge in [-0.3, -0.25) is 4.79 Å². The van der Waals surface area contributed by atoms with E-state index in [0.29, 0.717) is 27.2 Å². The number of hydrogen-bond donors (Lipinski definition) is 2. The number of carbonyl (C=O) groups excluding carboxylic acids is 1. The standard InChI is InChI=1S/C16H14ClN3O3S/c1-3-23-15-12-8(2)13(24-16(12)19-7-18-15)14(22)20-10-6-9(17)4-5-11(10)21/h4-7,21H,3H2,1-2H3,(H,20,22). The first kappa shape index (κ1) is 16.5. The Morgan fingerprint density at radius 2 is 2.21 bits per heavy atom. The van der Waals surface area contributed by atoms with Gasteiger partial charge in [0, 0.05) is 5.02 Å². The molecule has 24 heavy (non-hydrogen) atoms. The van der Waals surface area contributed by atoms with Crippen molar-refractivity contribution < 1.29 is 14.6 Å². The lowest BCUT2D eigenvalue weighted by Crippen LogP contribution is -2.11. The van der Waals surface area contributed by atoms with E-state index in [9.17, 15) is 9.90 Å². The average Bonchev–Trinajstić information content (AvgIpc) is 2.89. The maximum atomic E-state index is 12.6. The molecule has 2 N–H and O–H groups in total. The van der Waals surface area contributed by atoms with Gasteiger partial charge in [0.25, 0.3) is 5.91 Å². The SMILES string of the molecule is CCOc1ncnc2sc(C(=O)Nc3cc(Cl)ccc3O)c(C)c12. The smallest absolute Gasteiger partial charge is 0.266 e. The molecule has 0 aliphatic carbocycles. The fraction of sp³-hybridized carbons (Fsp3) is 0.188. The summed E-state index contributed by atoms with van der Waals surface area (Å²) in [7, 11) is 0. The van der Waals surface area contributed by atoms with E-state index >= 15 is 0 Å². The molecule has 124 valence electrons. The highest BCUT2D eigenvalue weighted by atomic mass is 35.5. The Kier molecular flexibility index (Phi) is 4.55. The van der Waals surface area contributed by atoms with Crippen LogP contribution in [0.1, 0.15) is 22.2 Å². The number of phenolic OH excluding ortho intramolecular Hbond substituents is 1. The van der Waals surface area contributed by atoms with Crippen LogP contribution in [-0.2, 0) is 0 Å². The van der Waals surface area contributed by atoms with Crippen LogP contribution in [0.15, 0.2) is 24.5 Å². The molecule has 2 aromatic heterocycles. The summed E-state index contributed by atoms with van der Waals surface area (Å²) >= 11 is 7.15. The summed E-state index contributed by atoms with van der Waals surface area (Å²) in [6, 6.07) is 4.46. The molecule has 0 saturated heterocycles. The first-order valence-corrected chi connectivity index (χ1v) is 8.37. The van der Waals surface area contributed by atoms with Gasteiger partial charge in [0.15, 0.2) is 0 Å². The Morgan fingerprint density at radius 1 is 1.42 bits per heavy atom. The number of carbonyl (C=O) groups is 1. The van der Waals surface area contributed by atoms with Crippen molar-refractivity contribution in [1.82, 2.24) is 9.97 Å². The third-order valence-corrected chi connectivity index (χ3v) is 4.82. The Morgan fingerprint density at radius 3 is 2.96 bits per heavy atom. The molecule has 0 unspecified atom stereocenters. The summed E-state index contributed by atoms with van der Waals surface area (Å²) < 4.78 is 5.51. The van der Waals surface area contributed by atoms with E-state index < -0.39 is 0 Å². The van der Waals surface area contributed by atoms with Crippen molar-refractivity contribution in [2.75, 3.05) is 11.9 Å². The second kappa shape index (κ2) is 6.62. The molecule has 3 rings (SSSR count). The van der Waals surface area contributed by atoms with Gasteiger partial charge in [-0.2, -0.15) is 0 Å². The van der Waals surface area contributed by atoms with Gasteiger partial charge in [-0.25, -0.2) is 9.97 Å². The number of ether oxygens (including phenoxy) is 1. The van der Waals surface area contributed by atoms with Crippen LogP contribution in [0, 0.1) is 6.92 Å². The molecule has 6 nitrogen and oxygen atoms in total. The number of benzene rings is 1. The zero-order valence-corrected chi connectivity index (χ0v) is 14.5. The van der Waals surface area contributed by atoms with Crippen LogP contribution < -0.4 is 10.1 Å². The molecule has 0 radical (unpaired) electrons. The van der Waals surface area contributed by atoms with Gasteiger partial charge in [0.05, 0.1) is 22.6 Å². The van der Waals surface area contributed by atoms with Gasteiger partial charge in [0.1, 0.15) is 16.9 Å². The number of nitrogens with one attached hydrogen (secondary N) is 1. The number of thiophene rings is 1. The number of aromatic nitrogens is 2. The van der Waals surface area contributed by atoms with Gasteiger partial charge in [-0.15, -0.1) is 11.3 Å². The third-order valence-electron chi connectivity index (χ3n) is 3.39. The molecule has 2 heterocycles. The molecular formula is C16H14ClN3O3S. The Hall–Kier alpha value is -2.38. The number of nitrogens with zero attached hydrogens (tertiary/aromatic N) is 2. The number of aromatic hydroxyl groups is 1.